The van der Waals surface area contributed by atoms with Gasteiger partial charge in [0.05, 0.1) is 0 Å². The highest BCUT2D eigenvalue weighted by atomic mass is 16.1. The lowest BCUT2D eigenvalue weighted by Crippen LogP contribution is -2.49. The third kappa shape index (κ3) is 4.18. The van der Waals surface area contributed by atoms with Crippen molar-refractivity contribution >= 4 is 5.91 Å². The lowest BCUT2D eigenvalue weighted by atomic mass is 10.2. The number of carbonyl (C=O) groups is 1. The quantitative estimate of drug-likeness (QED) is 0.713. The third-order valence-electron chi connectivity index (χ3n) is 3.30. The van der Waals surface area contributed by atoms with Crippen molar-refractivity contribution < 1.29 is 4.79 Å². The summed E-state index contributed by atoms with van der Waals surface area (Å²) >= 11 is 0. The van der Waals surface area contributed by atoms with E-state index in [4.69, 9.17) is 5.73 Å². The first-order valence-corrected chi connectivity index (χ1v) is 5.88. The molecular formula is C11H23N3O. The van der Waals surface area contributed by atoms with Crippen LogP contribution < -0.4 is 5.73 Å². The summed E-state index contributed by atoms with van der Waals surface area (Å²) in [5, 5.41) is 0. The minimum Gasteiger partial charge on any atom is -0.370 e. The fraction of sp³-hybridized carbons (Fsp3) is 0.909. The van der Waals surface area contributed by atoms with Crippen molar-refractivity contribution in [1.82, 2.24) is 9.80 Å². The van der Waals surface area contributed by atoms with Gasteiger partial charge in [-0.15, -0.1) is 0 Å². The number of nitrogens with two attached hydrogens (primary N) is 1. The second-order valence-corrected chi connectivity index (χ2v) is 4.35. The number of amides is 1. The van der Waals surface area contributed by atoms with Crippen LogP contribution in [0.3, 0.4) is 0 Å². The Labute approximate surface area is 92.4 Å². The van der Waals surface area contributed by atoms with E-state index in [1.165, 1.54) is 6.42 Å². The van der Waals surface area contributed by atoms with Crippen molar-refractivity contribution in [1.29, 1.82) is 0 Å². The number of carbonyl (C=O) groups excluding carboxylic acids is 1. The highest BCUT2D eigenvalue weighted by molar-refractivity contribution is 5.73. The van der Waals surface area contributed by atoms with Crippen LogP contribution >= 0.6 is 0 Å². The van der Waals surface area contributed by atoms with Crippen molar-refractivity contribution in [3.8, 4) is 0 Å². The van der Waals surface area contributed by atoms with Crippen LogP contribution in [0.25, 0.3) is 0 Å². The molecule has 1 atom stereocenters. The molecule has 0 aliphatic carbocycles. The average molecular weight is 213 g/mol. The molecule has 1 fully saturated rings. The lowest BCUT2D eigenvalue weighted by molar-refractivity contribution is -0.118. The molecule has 0 bridgehead atoms. The van der Waals surface area contributed by atoms with Gasteiger partial charge in [0.25, 0.3) is 0 Å². The molecule has 1 heterocycles. The van der Waals surface area contributed by atoms with Crippen LogP contribution in [0.2, 0.25) is 0 Å². The molecule has 1 unspecified atom stereocenters. The Kier molecular flexibility index (Phi) is 5.05. The van der Waals surface area contributed by atoms with Crippen molar-refractivity contribution in [3.63, 3.8) is 0 Å². The van der Waals surface area contributed by atoms with E-state index in [0.717, 1.165) is 32.7 Å². The molecule has 15 heavy (non-hydrogen) atoms. The first-order chi connectivity index (χ1) is 7.13. The largest absolute Gasteiger partial charge is 0.370 e. The van der Waals surface area contributed by atoms with Gasteiger partial charge in [-0.1, -0.05) is 6.92 Å². The fourth-order valence-corrected chi connectivity index (χ4v) is 1.95. The van der Waals surface area contributed by atoms with Crippen LogP contribution in [0.15, 0.2) is 0 Å². The maximum absolute atomic E-state index is 10.6. The summed E-state index contributed by atoms with van der Waals surface area (Å²) in [6.45, 7) is 9.70. The van der Waals surface area contributed by atoms with Crippen LogP contribution in [-0.2, 0) is 4.79 Å². The Balaban J connectivity index is 2.20. The van der Waals surface area contributed by atoms with Crippen LogP contribution in [0.1, 0.15) is 26.7 Å². The van der Waals surface area contributed by atoms with Gasteiger partial charge in [0.2, 0.25) is 5.91 Å². The minimum absolute atomic E-state index is 0.195. The Morgan fingerprint density at radius 1 is 1.33 bits per heavy atom. The second-order valence-electron chi connectivity index (χ2n) is 4.35. The number of hydrogen-bond acceptors (Lipinski definition) is 3. The zero-order chi connectivity index (χ0) is 11.3. The molecule has 0 aromatic carbocycles. The normalized spacial score (nSPS) is 21.5. The minimum atomic E-state index is -0.195. The van der Waals surface area contributed by atoms with E-state index in [0.29, 0.717) is 12.5 Å². The highest BCUT2D eigenvalue weighted by Gasteiger charge is 2.19. The second kappa shape index (κ2) is 6.08. The molecule has 1 aliphatic heterocycles. The Hall–Kier alpha value is -0.610. The molecule has 0 radical (unpaired) electrons. The zero-order valence-corrected chi connectivity index (χ0v) is 9.91. The average Bonchev–Trinajstić information content (AvgIpc) is 2.26. The predicted octanol–water partition coefficient (Wildman–Crippen LogP) is 0.278. The summed E-state index contributed by atoms with van der Waals surface area (Å²) in [4.78, 5) is 15.5. The lowest BCUT2D eigenvalue weighted by Gasteiger charge is -2.37. The van der Waals surface area contributed by atoms with E-state index in [9.17, 15) is 4.79 Å². The number of nitrogens with zero attached hydrogens (tertiary/aromatic N) is 2. The first-order valence-electron chi connectivity index (χ1n) is 5.88. The Morgan fingerprint density at radius 3 is 2.40 bits per heavy atom. The van der Waals surface area contributed by atoms with Crippen LogP contribution in [0.5, 0.6) is 0 Å². The molecule has 2 N–H and O–H groups in total. The molecule has 0 aromatic heterocycles. The molecular weight excluding hydrogens is 190 g/mol. The molecule has 1 amide bonds. The molecule has 0 aromatic rings. The number of hydrogen-bond donors (Lipinski definition) is 1. The number of piperazine rings is 1. The predicted molar refractivity (Wildman–Crippen MR) is 61.6 cm³/mol. The van der Waals surface area contributed by atoms with Gasteiger partial charge in [-0.05, 0) is 13.3 Å². The van der Waals surface area contributed by atoms with Crippen LogP contribution in [-0.4, -0.2) is 54.5 Å². The highest BCUT2D eigenvalue weighted by Crippen LogP contribution is 2.08. The summed E-state index contributed by atoms with van der Waals surface area (Å²) in [7, 11) is 0. The molecule has 88 valence electrons. The molecule has 4 nitrogen and oxygen atoms in total. The van der Waals surface area contributed by atoms with E-state index in [-0.39, 0.29) is 5.91 Å². The summed E-state index contributed by atoms with van der Waals surface area (Å²) in [6.07, 6.45) is 1.70. The summed E-state index contributed by atoms with van der Waals surface area (Å²) in [6, 6.07) is 0.684. The van der Waals surface area contributed by atoms with Gasteiger partial charge in [-0.3, -0.25) is 9.69 Å². The standard InChI is InChI=1S/C11H23N3O/c1-3-10(2)14-8-6-13(7-9-14)5-4-11(12)15/h10H,3-9H2,1-2H3,(H2,12,15). The molecule has 1 rings (SSSR count). The summed E-state index contributed by atoms with van der Waals surface area (Å²) in [5.41, 5.74) is 5.13. The number of rotatable bonds is 5. The van der Waals surface area contributed by atoms with E-state index < -0.39 is 0 Å². The van der Waals surface area contributed by atoms with Gasteiger partial charge in [0.1, 0.15) is 0 Å². The first kappa shape index (κ1) is 12.5. The van der Waals surface area contributed by atoms with Gasteiger partial charge in [-0.2, -0.15) is 0 Å². The molecule has 1 saturated heterocycles. The number of primary amides is 1. The zero-order valence-electron chi connectivity index (χ0n) is 9.91. The van der Waals surface area contributed by atoms with Gasteiger partial charge >= 0.3 is 0 Å². The SMILES string of the molecule is CCC(C)N1CCN(CCC(N)=O)CC1. The molecule has 0 saturated carbocycles. The molecule has 4 heteroatoms. The third-order valence-corrected chi connectivity index (χ3v) is 3.30. The maximum Gasteiger partial charge on any atom is 0.218 e. The van der Waals surface area contributed by atoms with E-state index >= 15 is 0 Å². The Bertz CT molecular complexity index is 200. The molecule has 0 spiro atoms. The van der Waals surface area contributed by atoms with E-state index in [1.807, 2.05) is 0 Å². The van der Waals surface area contributed by atoms with Crippen LogP contribution in [0, 0.1) is 0 Å². The van der Waals surface area contributed by atoms with E-state index in [1.54, 1.807) is 0 Å². The summed E-state index contributed by atoms with van der Waals surface area (Å²) in [5.74, 6) is -0.195. The van der Waals surface area contributed by atoms with Crippen LogP contribution in [0.4, 0.5) is 0 Å². The van der Waals surface area contributed by atoms with Gasteiger partial charge in [0.15, 0.2) is 0 Å². The maximum atomic E-state index is 10.6. The van der Waals surface area contributed by atoms with Crippen molar-refractivity contribution in [2.24, 2.45) is 5.73 Å². The Morgan fingerprint density at radius 2 is 1.93 bits per heavy atom. The monoisotopic (exact) mass is 213 g/mol. The van der Waals surface area contributed by atoms with E-state index in [2.05, 4.69) is 23.6 Å². The fourth-order valence-electron chi connectivity index (χ4n) is 1.95. The summed E-state index contributed by atoms with van der Waals surface area (Å²) < 4.78 is 0. The van der Waals surface area contributed by atoms with Gasteiger partial charge in [-0.25, -0.2) is 0 Å². The molecule has 1 aliphatic rings. The van der Waals surface area contributed by atoms with Crippen molar-refractivity contribution in [3.05, 3.63) is 0 Å². The topological polar surface area (TPSA) is 49.6 Å². The van der Waals surface area contributed by atoms with Crippen molar-refractivity contribution in [2.45, 2.75) is 32.7 Å². The van der Waals surface area contributed by atoms with Crippen molar-refractivity contribution in [2.75, 3.05) is 32.7 Å². The van der Waals surface area contributed by atoms with Gasteiger partial charge in [0, 0.05) is 45.2 Å². The van der Waals surface area contributed by atoms with Gasteiger partial charge < -0.3 is 10.6 Å². The smallest absolute Gasteiger partial charge is 0.218 e.